The summed E-state index contributed by atoms with van der Waals surface area (Å²) in [6, 6.07) is 2.15. The van der Waals surface area contributed by atoms with Crippen molar-refractivity contribution in [1.29, 1.82) is 0 Å². The number of aryl methyl sites for hydroxylation is 1. The number of anilines is 1. The van der Waals surface area contributed by atoms with Gasteiger partial charge in [0.1, 0.15) is 0 Å². The van der Waals surface area contributed by atoms with Crippen LogP contribution in [0.5, 0.6) is 0 Å². The fourth-order valence-electron chi connectivity index (χ4n) is 3.84. The topological polar surface area (TPSA) is 106 Å². The molecule has 0 bridgehead atoms. The van der Waals surface area contributed by atoms with Gasteiger partial charge in [-0.3, -0.25) is 9.88 Å². The number of methoxy groups -OCH3 is 1. The molecule has 0 saturated carbocycles. The molecule has 2 N–H and O–H groups in total. The van der Waals surface area contributed by atoms with Gasteiger partial charge < -0.3 is 24.7 Å². The lowest BCUT2D eigenvalue weighted by molar-refractivity contribution is -0.193. The number of hydrogen-bond acceptors (Lipinski definition) is 7. The normalized spacial score (nSPS) is 18.9. The van der Waals surface area contributed by atoms with Gasteiger partial charge in [-0.25, -0.2) is 9.59 Å². The van der Waals surface area contributed by atoms with Crippen molar-refractivity contribution in [3.8, 4) is 0 Å². The Kier molecular flexibility index (Phi) is 13.1. The Morgan fingerprint density at radius 1 is 1.00 bits per heavy atom. The zero-order chi connectivity index (χ0) is 28.2. The molecule has 15 heteroatoms. The van der Waals surface area contributed by atoms with Crippen molar-refractivity contribution in [2.24, 2.45) is 5.92 Å². The van der Waals surface area contributed by atoms with Gasteiger partial charge in [-0.1, -0.05) is 0 Å². The fourth-order valence-corrected chi connectivity index (χ4v) is 3.84. The Balaban J connectivity index is 0.000000404. The zero-order valence-electron chi connectivity index (χ0n) is 20.6. The summed E-state index contributed by atoms with van der Waals surface area (Å²) in [5.74, 6) is -4.68. The first kappa shape index (κ1) is 32.4. The van der Waals surface area contributed by atoms with Crippen LogP contribution in [0, 0.1) is 12.8 Å². The first-order valence-electron chi connectivity index (χ1n) is 11.3. The van der Waals surface area contributed by atoms with E-state index in [2.05, 4.69) is 32.7 Å². The second kappa shape index (κ2) is 14.9. The van der Waals surface area contributed by atoms with Crippen LogP contribution in [0.3, 0.4) is 0 Å². The molecule has 1 aromatic rings. The fraction of sp³-hybridized carbons (Fsp3) is 0.682. The average molecular weight is 547 g/mol. The van der Waals surface area contributed by atoms with E-state index < -0.39 is 24.3 Å². The van der Waals surface area contributed by atoms with Gasteiger partial charge in [-0.2, -0.15) is 26.3 Å². The summed E-state index contributed by atoms with van der Waals surface area (Å²) in [5.41, 5.74) is 2.64. The number of carboxylic acid groups (broad SMARTS) is 2. The van der Waals surface area contributed by atoms with Crippen molar-refractivity contribution in [2.45, 2.75) is 25.7 Å². The van der Waals surface area contributed by atoms with Gasteiger partial charge in [-0.05, 0) is 37.4 Å². The number of aromatic nitrogens is 1. The predicted molar refractivity (Wildman–Crippen MR) is 121 cm³/mol. The predicted octanol–water partition coefficient (Wildman–Crippen LogP) is 2.75. The van der Waals surface area contributed by atoms with Gasteiger partial charge in [0.2, 0.25) is 0 Å². The van der Waals surface area contributed by atoms with Crippen molar-refractivity contribution in [2.75, 3.05) is 71.0 Å². The Morgan fingerprint density at radius 2 is 1.54 bits per heavy atom. The highest BCUT2D eigenvalue weighted by molar-refractivity contribution is 5.73. The lowest BCUT2D eigenvalue weighted by Gasteiger charge is -2.37. The minimum Gasteiger partial charge on any atom is -0.475 e. The van der Waals surface area contributed by atoms with Crippen molar-refractivity contribution < 1.29 is 50.9 Å². The van der Waals surface area contributed by atoms with Crippen LogP contribution < -0.4 is 4.90 Å². The molecule has 2 aliphatic rings. The van der Waals surface area contributed by atoms with Crippen LogP contribution in [0.25, 0.3) is 0 Å². The molecule has 1 unspecified atom stereocenters. The van der Waals surface area contributed by atoms with Crippen LogP contribution in [-0.4, -0.2) is 115 Å². The third-order valence-electron chi connectivity index (χ3n) is 5.69. The molecule has 0 aromatic carbocycles. The number of rotatable bonds is 6. The molecule has 212 valence electrons. The average Bonchev–Trinajstić information content (AvgIpc) is 3.25. The largest absolute Gasteiger partial charge is 0.490 e. The van der Waals surface area contributed by atoms with Crippen molar-refractivity contribution >= 4 is 17.6 Å². The highest BCUT2D eigenvalue weighted by Gasteiger charge is 2.38. The summed E-state index contributed by atoms with van der Waals surface area (Å²) in [4.78, 5) is 29.7. The molecule has 2 fully saturated rings. The van der Waals surface area contributed by atoms with E-state index in [0.717, 1.165) is 32.2 Å². The van der Waals surface area contributed by atoms with Crippen molar-refractivity contribution in [1.82, 2.24) is 14.8 Å². The summed E-state index contributed by atoms with van der Waals surface area (Å²) in [7, 11) is 1.79. The maximum absolute atomic E-state index is 10.6. The highest BCUT2D eigenvalue weighted by Crippen LogP contribution is 2.22. The molecule has 1 aromatic heterocycles. The quantitative estimate of drug-likeness (QED) is 0.521. The van der Waals surface area contributed by atoms with Crippen molar-refractivity contribution in [3.05, 3.63) is 24.0 Å². The number of likely N-dealkylation sites (tertiary alicyclic amines) is 1. The number of nitrogens with zero attached hydrogens (tertiary/aromatic N) is 4. The first-order chi connectivity index (χ1) is 17.1. The summed E-state index contributed by atoms with van der Waals surface area (Å²) >= 11 is 0. The van der Waals surface area contributed by atoms with E-state index in [4.69, 9.17) is 24.5 Å². The number of alkyl halides is 6. The van der Waals surface area contributed by atoms with E-state index in [-0.39, 0.29) is 0 Å². The molecule has 0 aliphatic carbocycles. The number of carboxylic acids is 2. The zero-order valence-corrected chi connectivity index (χ0v) is 20.6. The standard InChI is InChI=1S/C18H30N4O.2C2HF3O2/c1-16-13-19-5-3-18(16)22-9-7-21(8-10-22)15-17-4-6-20(14-17)11-12-23-2;2*3-2(4,5)1(6)7/h3,5,13,17H,4,6-12,14-15H2,1-2H3;2*(H,6,7). The van der Waals surface area contributed by atoms with Gasteiger partial charge in [-0.15, -0.1) is 0 Å². The van der Waals surface area contributed by atoms with Crippen LogP contribution in [0.15, 0.2) is 18.5 Å². The highest BCUT2D eigenvalue weighted by atomic mass is 19.4. The number of hydrogen-bond donors (Lipinski definition) is 2. The Bertz CT molecular complexity index is 824. The molecule has 3 heterocycles. The van der Waals surface area contributed by atoms with E-state index >= 15 is 0 Å². The van der Waals surface area contributed by atoms with Gasteiger partial charge in [0.15, 0.2) is 0 Å². The molecule has 1 atom stereocenters. The number of piperazine rings is 1. The van der Waals surface area contributed by atoms with Crippen LogP contribution >= 0.6 is 0 Å². The summed E-state index contributed by atoms with van der Waals surface area (Å²) in [6.45, 7) is 12.5. The molecule has 0 spiro atoms. The number of ether oxygens (including phenoxy) is 1. The maximum atomic E-state index is 10.6. The summed E-state index contributed by atoms with van der Waals surface area (Å²) < 4.78 is 68.7. The van der Waals surface area contributed by atoms with Crippen LogP contribution in [0.2, 0.25) is 0 Å². The van der Waals surface area contributed by atoms with Gasteiger partial charge >= 0.3 is 24.3 Å². The van der Waals surface area contributed by atoms with Gasteiger partial charge in [0.05, 0.1) is 6.61 Å². The molecule has 2 saturated heterocycles. The molecule has 9 nitrogen and oxygen atoms in total. The van der Waals surface area contributed by atoms with Crippen LogP contribution in [0.1, 0.15) is 12.0 Å². The third-order valence-corrected chi connectivity index (χ3v) is 5.69. The van der Waals surface area contributed by atoms with Gasteiger partial charge in [0.25, 0.3) is 0 Å². The number of aliphatic carboxylic acids is 2. The van der Waals surface area contributed by atoms with E-state index in [0.29, 0.717) is 0 Å². The lowest BCUT2D eigenvalue weighted by Crippen LogP contribution is -2.48. The smallest absolute Gasteiger partial charge is 0.475 e. The van der Waals surface area contributed by atoms with Gasteiger partial charge in [0, 0.05) is 71.0 Å². The van der Waals surface area contributed by atoms with Crippen LogP contribution in [-0.2, 0) is 14.3 Å². The molecule has 0 radical (unpaired) electrons. The number of halogens is 6. The number of carbonyl (C=O) groups is 2. The lowest BCUT2D eigenvalue weighted by atomic mass is 10.1. The molecule has 2 aliphatic heterocycles. The van der Waals surface area contributed by atoms with E-state index in [9.17, 15) is 26.3 Å². The van der Waals surface area contributed by atoms with E-state index in [1.165, 1.54) is 50.4 Å². The van der Waals surface area contributed by atoms with Crippen LogP contribution in [0.4, 0.5) is 32.0 Å². The first-order valence-corrected chi connectivity index (χ1v) is 11.3. The van der Waals surface area contributed by atoms with Crippen molar-refractivity contribution in [3.63, 3.8) is 0 Å². The van der Waals surface area contributed by atoms with E-state index in [1.54, 1.807) is 7.11 Å². The Hall–Kier alpha value is -2.65. The minimum absolute atomic E-state index is 0.834. The Labute approximate surface area is 210 Å². The second-order valence-electron chi connectivity index (χ2n) is 8.50. The monoisotopic (exact) mass is 546 g/mol. The minimum atomic E-state index is -5.08. The summed E-state index contributed by atoms with van der Waals surface area (Å²) in [6.07, 6.45) is -4.95. The second-order valence-corrected chi connectivity index (χ2v) is 8.50. The summed E-state index contributed by atoms with van der Waals surface area (Å²) in [5, 5.41) is 14.2. The van der Waals surface area contributed by atoms with E-state index in [1.807, 2.05) is 12.4 Å². The molecular weight excluding hydrogens is 514 g/mol. The SMILES string of the molecule is COCCN1CCC(CN2CCN(c3ccncc3C)CC2)C1.O=C(O)C(F)(F)F.O=C(O)C(F)(F)F. The molecular formula is C22H32F6N4O5. The number of pyridine rings is 1. The molecule has 37 heavy (non-hydrogen) atoms. The maximum Gasteiger partial charge on any atom is 0.490 e. The third kappa shape index (κ3) is 12.4. The Morgan fingerprint density at radius 3 is 2.00 bits per heavy atom. The molecule has 0 amide bonds. The molecule has 3 rings (SSSR count).